The molecule has 1 amide bonds. The quantitative estimate of drug-likeness (QED) is 0.388. The summed E-state index contributed by atoms with van der Waals surface area (Å²) in [7, 11) is 0. The minimum atomic E-state index is 0.162. The van der Waals surface area contributed by atoms with Crippen LogP contribution in [0.4, 0.5) is 0 Å². The van der Waals surface area contributed by atoms with Crippen molar-refractivity contribution >= 4 is 5.91 Å². The molecule has 0 spiro atoms. The Morgan fingerprint density at radius 1 is 1.62 bits per heavy atom. The maximum absolute atomic E-state index is 10.5. The molecular formula is C5H8N2O. The van der Waals surface area contributed by atoms with E-state index in [9.17, 15) is 4.79 Å². The average molecular weight is 112 g/mol. The summed E-state index contributed by atoms with van der Waals surface area (Å²) < 4.78 is 0. The van der Waals surface area contributed by atoms with Gasteiger partial charge in [-0.25, -0.2) is 0 Å². The van der Waals surface area contributed by atoms with Crippen molar-refractivity contribution in [3.63, 3.8) is 0 Å². The Morgan fingerprint density at radius 3 is 3.00 bits per heavy atom. The van der Waals surface area contributed by atoms with Crippen molar-refractivity contribution in [1.29, 1.82) is 0 Å². The molecule has 0 aromatic carbocycles. The highest BCUT2D eigenvalue weighted by Gasteiger charge is 2.42. The normalized spacial score (nSPS) is 42.8. The molecule has 44 valence electrons. The highest BCUT2D eigenvalue weighted by atomic mass is 16.2. The third-order valence-corrected chi connectivity index (χ3v) is 1.83. The first-order valence-corrected chi connectivity index (χ1v) is 2.92. The minimum Gasteiger partial charge on any atom is -0.350 e. The Bertz CT molecular complexity index is 134. The zero-order valence-corrected chi connectivity index (χ0v) is 4.48. The largest absolute Gasteiger partial charge is 0.350 e. The van der Waals surface area contributed by atoms with Crippen molar-refractivity contribution in [3.8, 4) is 0 Å². The van der Waals surface area contributed by atoms with Crippen LogP contribution in [0.25, 0.3) is 0 Å². The Morgan fingerprint density at radius 2 is 2.50 bits per heavy atom. The SMILES string of the molecule is O=C1N[C@H]2CCN[C@@H]12. The van der Waals surface area contributed by atoms with Gasteiger partial charge >= 0.3 is 0 Å². The fourth-order valence-corrected chi connectivity index (χ4v) is 1.31. The van der Waals surface area contributed by atoms with E-state index in [1.165, 1.54) is 0 Å². The molecule has 0 aliphatic carbocycles. The predicted octanol–water partition coefficient (Wildman–Crippen LogP) is -1.15. The lowest BCUT2D eigenvalue weighted by molar-refractivity contribution is -0.130. The Labute approximate surface area is 47.4 Å². The van der Waals surface area contributed by atoms with Crippen LogP contribution in [0, 0.1) is 0 Å². The molecule has 3 heteroatoms. The molecule has 2 atom stereocenters. The molecule has 2 saturated heterocycles. The van der Waals surface area contributed by atoms with Crippen molar-refractivity contribution < 1.29 is 4.79 Å². The number of carbonyl (C=O) groups is 1. The second-order valence-electron chi connectivity index (χ2n) is 2.34. The van der Waals surface area contributed by atoms with Gasteiger partial charge in [0, 0.05) is 0 Å². The molecule has 2 rings (SSSR count). The van der Waals surface area contributed by atoms with Crippen LogP contribution in [0.15, 0.2) is 0 Å². The molecule has 2 aliphatic heterocycles. The van der Waals surface area contributed by atoms with Crippen molar-refractivity contribution in [2.75, 3.05) is 6.54 Å². The van der Waals surface area contributed by atoms with Crippen LogP contribution in [-0.2, 0) is 4.79 Å². The molecule has 0 radical (unpaired) electrons. The van der Waals surface area contributed by atoms with E-state index in [2.05, 4.69) is 10.6 Å². The van der Waals surface area contributed by atoms with Crippen molar-refractivity contribution in [2.45, 2.75) is 18.5 Å². The molecule has 0 bridgehead atoms. The van der Waals surface area contributed by atoms with Crippen LogP contribution >= 0.6 is 0 Å². The minimum absolute atomic E-state index is 0.162. The van der Waals surface area contributed by atoms with E-state index in [1.807, 2.05) is 0 Å². The summed E-state index contributed by atoms with van der Waals surface area (Å²) in [4.78, 5) is 10.5. The van der Waals surface area contributed by atoms with E-state index in [4.69, 9.17) is 0 Å². The van der Waals surface area contributed by atoms with Gasteiger partial charge in [0.05, 0.1) is 6.04 Å². The second kappa shape index (κ2) is 1.23. The second-order valence-corrected chi connectivity index (χ2v) is 2.34. The predicted molar refractivity (Wildman–Crippen MR) is 28.3 cm³/mol. The van der Waals surface area contributed by atoms with E-state index in [-0.39, 0.29) is 11.9 Å². The Kier molecular flexibility index (Phi) is 0.663. The van der Waals surface area contributed by atoms with E-state index in [1.54, 1.807) is 0 Å². The number of fused-ring (bicyclic) bond motifs is 1. The van der Waals surface area contributed by atoms with Crippen molar-refractivity contribution in [1.82, 2.24) is 10.6 Å². The van der Waals surface area contributed by atoms with Gasteiger partial charge < -0.3 is 10.6 Å². The van der Waals surface area contributed by atoms with Crippen LogP contribution < -0.4 is 10.6 Å². The Balaban J connectivity index is 2.11. The monoisotopic (exact) mass is 112 g/mol. The highest BCUT2D eigenvalue weighted by molar-refractivity contribution is 5.89. The summed E-state index contributed by atoms with van der Waals surface area (Å²) in [5.41, 5.74) is 0. The zero-order valence-electron chi connectivity index (χ0n) is 4.48. The van der Waals surface area contributed by atoms with Crippen molar-refractivity contribution in [2.24, 2.45) is 0 Å². The van der Waals surface area contributed by atoms with Gasteiger partial charge in [0.25, 0.3) is 0 Å². The topological polar surface area (TPSA) is 41.1 Å². The lowest BCUT2D eigenvalue weighted by Gasteiger charge is -2.29. The summed E-state index contributed by atoms with van der Waals surface area (Å²) in [5.74, 6) is 0.174. The number of hydrogen-bond donors (Lipinski definition) is 2. The van der Waals surface area contributed by atoms with E-state index >= 15 is 0 Å². The molecule has 2 N–H and O–H groups in total. The van der Waals surface area contributed by atoms with Gasteiger partial charge in [-0.15, -0.1) is 0 Å². The first-order chi connectivity index (χ1) is 3.88. The number of β-lactam (4-membered cyclic amide) rings is 1. The first kappa shape index (κ1) is 4.32. The maximum Gasteiger partial charge on any atom is 0.239 e. The van der Waals surface area contributed by atoms with Crippen LogP contribution in [0.1, 0.15) is 6.42 Å². The highest BCUT2D eigenvalue weighted by Crippen LogP contribution is 2.14. The third-order valence-electron chi connectivity index (χ3n) is 1.83. The maximum atomic E-state index is 10.5. The Hall–Kier alpha value is -0.570. The fourth-order valence-electron chi connectivity index (χ4n) is 1.31. The molecular weight excluding hydrogens is 104 g/mol. The molecule has 2 fully saturated rings. The van der Waals surface area contributed by atoms with Crippen LogP contribution in [-0.4, -0.2) is 24.5 Å². The molecule has 8 heavy (non-hydrogen) atoms. The van der Waals surface area contributed by atoms with Crippen LogP contribution in [0.2, 0.25) is 0 Å². The molecule has 0 unspecified atom stereocenters. The number of carbonyl (C=O) groups excluding carboxylic acids is 1. The van der Waals surface area contributed by atoms with Gasteiger partial charge in [-0.2, -0.15) is 0 Å². The van der Waals surface area contributed by atoms with E-state index in [0.29, 0.717) is 6.04 Å². The number of hydrogen-bond acceptors (Lipinski definition) is 2. The first-order valence-electron chi connectivity index (χ1n) is 2.92. The van der Waals surface area contributed by atoms with Crippen LogP contribution in [0.3, 0.4) is 0 Å². The van der Waals surface area contributed by atoms with Gasteiger partial charge in [-0.3, -0.25) is 4.79 Å². The van der Waals surface area contributed by atoms with Gasteiger partial charge in [0.1, 0.15) is 6.04 Å². The van der Waals surface area contributed by atoms with Crippen LogP contribution in [0.5, 0.6) is 0 Å². The van der Waals surface area contributed by atoms with E-state index < -0.39 is 0 Å². The molecule has 0 saturated carbocycles. The molecule has 2 aliphatic rings. The molecule has 3 nitrogen and oxygen atoms in total. The van der Waals surface area contributed by atoms with E-state index in [0.717, 1.165) is 13.0 Å². The molecule has 0 aromatic rings. The van der Waals surface area contributed by atoms with Crippen molar-refractivity contribution in [3.05, 3.63) is 0 Å². The smallest absolute Gasteiger partial charge is 0.239 e. The number of amides is 1. The zero-order chi connectivity index (χ0) is 5.56. The molecule has 0 aromatic heterocycles. The fraction of sp³-hybridized carbons (Fsp3) is 0.800. The average Bonchev–Trinajstić information content (AvgIpc) is 2.09. The lowest BCUT2D eigenvalue weighted by Crippen LogP contribution is -2.63. The van der Waals surface area contributed by atoms with Gasteiger partial charge in [-0.05, 0) is 13.0 Å². The summed E-state index contributed by atoms with van der Waals surface area (Å²) in [6, 6.07) is 0.623. The summed E-state index contributed by atoms with van der Waals surface area (Å²) in [6.07, 6.45) is 1.11. The number of rotatable bonds is 0. The summed E-state index contributed by atoms with van der Waals surface area (Å²) in [5, 5.41) is 5.90. The van der Waals surface area contributed by atoms with Gasteiger partial charge in [0.2, 0.25) is 5.91 Å². The van der Waals surface area contributed by atoms with Gasteiger partial charge in [0.15, 0.2) is 0 Å². The third kappa shape index (κ3) is 0.351. The molecule has 2 heterocycles. The standard InChI is InChI=1S/C5H8N2O/c8-5-4-3(7-5)1-2-6-4/h3-4,6H,1-2H2,(H,7,8)/t3-,4+/m0/s1. The number of nitrogens with one attached hydrogen (secondary N) is 2. The summed E-state index contributed by atoms with van der Waals surface area (Å²) in [6.45, 7) is 0.994. The summed E-state index contributed by atoms with van der Waals surface area (Å²) >= 11 is 0. The van der Waals surface area contributed by atoms with Gasteiger partial charge in [-0.1, -0.05) is 0 Å². The lowest BCUT2D eigenvalue weighted by atomic mass is 10.0.